The van der Waals surface area contributed by atoms with E-state index in [1.54, 1.807) is 36.4 Å². The highest BCUT2D eigenvalue weighted by Gasteiger charge is 2.35. The van der Waals surface area contributed by atoms with E-state index >= 15 is 0 Å². The molecule has 0 saturated carbocycles. The fraction of sp³-hybridized carbons (Fsp3) is 0.235. The fourth-order valence-electron chi connectivity index (χ4n) is 4.81. The van der Waals surface area contributed by atoms with E-state index in [1.807, 2.05) is 74.5 Å². The summed E-state index contributed by atoms with van der Waals surface area (Å²) < 4.78 is 34.9. The summed E-state index contributed by atoms with van der Waals surface area (Å²) in [6, 6.07) is 31.0. The van der Waals surface area contributed by atoms with Gasteiger partial charge >= 0.3 is 0 Å². The number of benzene rings is 4. The zero-order valence-electron chi connectivity index (χ0n) is 24.6. The van der Waals surface area contributed by atoms with E-state index in [9.17, 15) is 18.0 Å². The van der Waals surface area contributed by atoms with Gasteiger partial charge in [-0.3, -0.25) is 13.9 Å². The van der Waals surface area contributed by atoms with Crippen LogP contribution in [-0.4, -0.2) is 51.4 Å². The van der Waals surface area contributed by atoms with Crippen molar-refractivity contribution in [2.45, 2.75) is 37.8 Å². The van der Waals surface area contributed by atoms with Crippen LogP contribution in [0.1, 0.15) is 23.6 Å². The first kappa shape index (κ1) is 31.3. The number of carbonyl (C=O) groups excluding carboxylic acids is 2. The molecule has 4 rings (SSSR count). The molecule has 0 aliphatic rings. The highest BCUT2D eigenvalue weighted by molar-refractivity contribution is 7.92. The minimum Gasteiger partial charge on any atom is -0.495 e. The van der Waals surface area contributed by atoms with Crippen LogP contribution in [0.3, 0.4) is 0 Å². The second kappa shape index (κ2) is 14.5. The van der Waals surface area contributed by atoms with Crippen molar-refractivity contribution in [3.8, 4) is 5.75 Å². The summed E-state index contributed by atoms with van der Waals surface area (Å²) in [5.41, 5.74) is 2.80. The second-order valence-corrected chi connectivity index (χ2v) is 12.0. The van der Waals surface area contributed by atoms with Crippen molar-refractivity contribution in [1.29, 1.82) is 0 Å². The van der Waals surface area contributed by atoms with Gasteiger partial charge in [0.25, 0.3) is 10.0 Å². The summed E-state index contributed by atoms with van der Waals surface area (Å²) in [7, 11) is -2.77. The Labute approximate surface area is 254 Å². The molecule has 9 heteroatoms. The Kier molecular flexibility index (Phi) is 10.6. The number of sulfonamides is 1. The van der Waals surface area contributed by atoms with Gasteiger partial charge < -0.3 is 15.0 Å². The van der Waals surface area contributed by atoms with Crippen LogP contribution in [0.2, 0.25) is 0 Å². The fourth-order valence-corrected chi connectivity index (χ4v) is 6.24. The van der Waals surface area contributed by atoms with E-state index in [0.29, 0.717) is 12.3 Å². The molecule has 1 atom stereocenters. The molecule has 0 aliphatic heterocycles. The number of nitrogens with zero attached hydrogens (tertiary/aromatic N) is 2. The number of amides is 2. The second-order valence-electron chi connectivity index (χ2n) is 10.1. The number of hydrogen-bond donors (Lipinski definition) is 1. The maximum absolute atomic E-state index is 14.4. The minimum absolute atomic E-state index is 0.0379. The third kappa shape index (κ3) is 7.81. The van der Waals surface area contributed by atoms with E-state index in [0.717, 1.165) is 21.0 Å². The lowest BCUT2D eigenvalue weighted by molar-refractivity contribution is -0.140. The molecule has 0 saturated heterocycles. The highest BCUT2D eigenvalue weighted by Crippen LogP contribution is 2.32. The predicted molar refractivity (Wildman–Crippen MR) is 168 cm³/mol. The first-order valence-corrected chi connectivity index (χ1v) is 15.6. The number of methoxy groups -OCH3 is 1. The first-order chi connectivity index (χ1) is 20.7. The maximum atomic E-state index is 14.4. The van der Waals surface area contributed by atoms with Crippen LogP contribution in [0.4, 0.5) is 5.69 Å². The monoisotopic (exact) mass is 599 g/mol. The van der Waals surface area contributed by atoms with E-state index in [-0.39, 0.29) is 29.5 Å². The van der Waals surface area contributed by atoms with Crippen molar-refractivity contribution >= 4 is 27.5 Å². The van der Waals surface area contributed by atoms with Crippen molar-refractivity contribution in [3.05, 3.63) is 126 Å². The Balaban J connectivity index is 1.81. The number of likely N-dealkylation sites (N-methyl/N-ethyl adjacent to an activating group) is 1. The van der Waals surface area contributed by atoms with Crippen LogP contribution in [0, 0.1) is 6.92 Å². The number of anilines is 1. The first-order valence-electron chi connectivity index (χ1n) is 14.1. The predicted octanol–water partition coefficient (Wildman–Crippen LogP) is 4.98. The number of aryl methyl sites for hydroxylation is 1. The quantitative estimate of drug-likeness (QED) is 0.234. The molecule has 1 unspecified atom stereocenters. The zero-order valence-corrected chi connectivity index (χ0v) is 25.5. The van der Waals surface area contributed by atoms with E-state index < -0.39 is 28.5 Å². The van der Waals surface area contributed by atoms with Crippen molar-refractivity contribution in [2.24, 2.45) is 0 Å². The Bertz CT molecular complexity index is 1610. The smallest absolute Gasteiger partial charge is 0.264 e. The largest absolute Gasteiger partial charge is 0.495 e. The van der Waals surface area contributed by atoms with Gasteiger partial charge in [0.1, 0.15) is 18.3 Å². The molecule has 0 spiro atoms. The van der Waals surface area contributed by atoms with Gasteiger partial charge in [0.05, 0.1) is 17.7 Å². The van der Waals surface area contributed by atoms with Crippen molar-refractivity contribution in [1.82, 2.24) is 10.2 Å². The normalized spacial score (nSPS) is 11.8. The van der Waals surface area contributed by atoms with Gasteiger partial charge in [-0.05, 0) is 49.2 Å². The molecule has 224 valence electrons. The van der Waals surface area contributed by atoms with Crippen LogP contribution in [-0.2, 0) is 32.6 Å². The summed E-state index contributed by atoms with van der Waals surface area (Å²) >= 11 is 0. The molecule has 0 bridgehead atoms. The molecule has 0 aromatic heterocycles. The molecule has 4 aromatic rings. The zero-order chi connectivity index (χ0) is 30.8. The summed E-state index contributed by atoms with van der Waals surface area (Å²) in [6.45, 7) is 3.63. The molecule has 0 fully saturated rings. The van der Waals surface area contributed by atoms with Crippen LogP contribution < -0.4 is 14.4 Å². The number of para-hydroxylation sites is 2. The molecule has 4 aromatic carbocycles. The number of hydrogen-bond acceptors (Lipinski definition) is 5. The van der Waals surface area contributed by atoms with Crippen molar-refractivity contribution < 1.29 is 22.7 Å². The Morgan fingerprint density at radius 3 is 2.00 bits per heavy atom. The van der Waals surface area contributed by atoms with Gasteiger partial charge in [0, 0.05) is 19.5 Å². The molecule has 1 N–H and O–H groups in total. The number of ether oxygens (including phenoxy) is 1. The molecular weight excluding hydrogens is 562 g/mol. The summed E-state index contributed by atoms with van der Waals surface area (Å²) in [4.78, 5) is 29.4. The van der Waals surface area contributed by atoms with Crippen molar-refractivity contribution in [2.75, 3.05) is 24.5 Å². The summed E-state index contributed by atoms with van der Waals surface area (Å²) in [5.74, 6) is -0.552. The van der Waals surface area contributed by atoms with Gasteiger partial charge in [-0.25, -0.2) is 8.42 Å². The van der Waals surface area contributed by atoms with Gasteiger partial charge in [-0.2, -0.15) is 0 Å². The van der Waals surface area contributed by atoms with E-state index in [1.165, 1.54) is 24.1 Å². The van der Waals surface area contributed by atoms with Gasteiger partial charge in [0.2, 0.25) is 11.8 Å². The van der Waals surface area contributed by atoms with Crippen LogP contribution in [0.15, 0.2) is 114 Å². The Hall–Kier alpha value is -4.63. The lowest BCUT2D eigenvalue weighted by atomic mass is 10.0. The summed E-state index contributed by atoms with van der Waals surface area (Å²) in [6.07, 6.45) is 0.255. The molecule has 8 nitrogen and oxygen atoms in total. The SMILES string of the molecule is CCNC(=O)C(Cc1ccccc1)N(Cc1ccccc1)C(=O)CN(c1ccccc1OC)S(=O)(=O)c1ccc(C)cc1. The molecule has 0 aliphatic carbocycles. The highest BCUT2D eigenvalue weighted by atomic mass is 32.2. The Morgan fingerprint density at radius 1 is 0.814 bits per heavy atom. The molecular formula is C34H37N3O5S. The van der Waals surface area contributed by atoms with Crippen LogP contribution in [0.25, 0.3) is 0 Å². The molecule has 0 radical (unpaired) electrons. The van der Waals surface area contributed by atoms with Gasteiger partial charge in [-0.15, -0.1) is 0 Å². The van der Waals surface area contributed by atoms with Gasteiger partial charge in [0.15, 0.2) is 0 Å². The Morgan fingerprint density at radius 2 is 1.40 bits per heavy atom. The number of carbonyl (C=O) groups is 2. The molecule has 2 amide bonds. The average molecular weight is 600 g/mol. The van der Waals surface area contributed by atoms with Gasteiger partial charge in [-0.1, -0.05) is 90.5 Å². The lowest BCUT2D eigenvalue weighted by Crippen LogP contribution is -2.53. The molecule has 0 heterocycles. The number of rotatable bonds is 13. The van der Waals surface area contributed by atoms with E-state index in [4.69, 9.17) is 4.74 Å². The standard InChI is InChI=1S/C34H37N3O5S/c1-4-35-34(39)31(23-27-13-7-5-8-14-27)36(24-28-15-9-6-10-16-28)33(38)25-37(30-17-11-12-18-32(30)42-3)43(40,41)29-21-19-26(2)20-22-29/h5-22,31H,4,23-25H2,1-3H3,(H,35,39). The average Bonchev–Trinajstić information content (AvgIpc) is 3.02. The maximum Gasteiger partial charge on any atom is 0.264 e. The molecule has 43 heavy (non-hydrogen) atoms. The van der Waals surface area contributed by atoms with E-state index in [2.05, 4.69) is 5.32 Å². The third-order valence-corrected chi connectivity index (χ3v) is 8.83. The lowest BCUT2D eigenvalue weighted by Gasteiger charge is -2.34. The summed E-state index contributed by atoms with van der Waals surface area (Å²) in [5, 5.41) is 2.87. The van der Waals surface area contributed by atoms with Crippen molar-refractivity contribution in [3.63, 3.8) is 0 Å². The van der Waals surface area contributed by atoms with Crippen LogP contribution >= 0.6 is 0 Å². The van der Waals surface area contributed by atoms with Crippen LogP contribution in [0.5, 0.6) is 5.75 Å². The third-order valence-electron chi connectivity index (χ3n) is 7.06. The topological polar surface area (TPSA) is 96.0 Å². The number of nitrogens with one attached hydrogen (secondary N) is 1. The minimum atomic E-state index is -4.21.